The zero-order valence-electron chi connectivity index (χ0n) is 12.1. The third-order valence-corrected chi connectivity index (χ3v) is 3.34. The maximum absolute atomic E-state index is 5.75. The van der Waals surface area contributed by atoms with E-state index in [-0.39, 0.29) is 6.04 Å². The molecule has 0 radical (unpaired) electrons. The number of ether oxygens (including phenoxy) is 1. The Morgan fingerprint density at radius 3 is 2.84 bits per heavy atom. The van der Waals surface area contributed by atoms with E-state index in [4.69, 9.17) is 4.74 Å². The second-order valence-corrected chi connectivity index (χ2v) is 5.12. The van der Waals surface area contributed by atoms with Crippen molar-refractivity contribution in [1.82, 2.24) is 5.32 Å². The summed E-state index contributed by atoms with van der Waals surface area (Å²) in [4.78, 5) is 2.13. The van der Waals surface area contributed by atoms with E-state index in [0.717, 1.165) is 31.8 Å². The van der Waals surface area contributed by atoms with Gasteiger partial charge in [0.2, 0.25) is 0 Å². The van der Waals surface area contributed by atoms with Crippen LogP contribution in [-0.4, -0.2) is 27.2 Å². The van der Waals surface area contributed by atoms with Crippen LogP contribution < -0.4 is 10.2 Å². The van der Waals surface area contributed by atoms with Gasteiger partial charge in [-0.15, -0.1) is 0 Å². The van der Waals surface area contributed by atoms with Crippen molar-refractivity contribution in [2.45, 2.75) is 25.8 Å². The highest BCUT2D eigenvalue weighted by Crippen LogP contribution is 2.28. The fourth-order valence-electron chi connectivity index (χ4n) is 2.29. The van der Waals surface area contributed by atoms with Gasteiger partial charge >= 0.3 is 0 Å². The molecule has 1 aliphatic heterocycles. The highest BCUT2D eigenvalue weighted by molar-refractivity contribution is 5.48. The number of anilines is 1. The van der Waals surface area contributed by atoms with Crippen LogP contribution in [0.1, 0.15) is 31.4 Å². The average molecular weight is 260 g/mol. The molecule has 0 bridgehead atoms. The van der Waals surface area contributed by atoms with Gasteiger partial charge < -0.3 is 15.0 Å². The second-order valence-electron chi connectivity index (χ2n) is 5.12. The average Bonchev–Trinajstić information content (AvgIpc) is 2.93. The molecule has 1 aliphatic rings. The van der Waals surface area contributed by atoms with Crippen molar-refractivity contribution < 1.29 is 4.74 Å². The summed E-state index contributed by atoms with van der Waals surface area (Å²) in [5.74, 6) is 1.07. The molecular formula is C16H24N2O. The molecule has 19 heavy (non-hydrogen) atoms. The lowest BCUT2D eigenvalue weighted by molar-refractivity contribution is 0.215. The Labute approximate surface area is 116 Å². The van der Waals surface area contributed by atoms with Crippen LogP contribution in [0.15, 0.2) is 36.1 Å². The molecule has 0 aliphatic carbocycles. The lowest BCUT2D eigenvalue weighted by Crippen LogP contribution is -2.24. The minimum absolute atomic E-state index is 0.183. The number of hydrogen-bond acceptors (Lipinski definition) is 3. The summed E-state index contributed by atoms with van der Waals surface area (Å²) in [6.45, 7) is 3.99. The molecule has 0 aromatic heterocycles. The van der Waals surface area contributed by atoms with Crippen molar-refractivity contribution in [3.63, 3.8) is 0 Å². The summed E-state index contributed by atoms with van der Waals surface area (Å²) in [5.41, 5.74) is 2.49. The van der Waals surface area contributed by atoms with E-state index in [1.165, 1.54) is 11.3 Å². The van der Waals surface area contributed by atoms with Gasteiger partial charge in [0.05, 0.1) is 12.6 Å². The largest absolute Gasteiger partial charge is 0.496 e. The van der Waals surface area contributed by atoms with E-state index in [2.05, 4.69) is 61.6 Å². The Balaban J connectivity index is 2.23. The summed E-state index contributed by atoms with van der Waals surface area (Å²) < 4.78 is 5.75. The molecule has 3 nitrogen and oxygen atoms in total. The first-order valence-corrected chi connectivity index (χ1v) is 7.06. The lowest BCUT2D eigenvalue weighted by Gasteiger charge is -2.22. The summed E-state index contributed by atoms with van der Waals surface area (Å²) in [7, 11) is 4.14. The molecule has 1 aromatic carbocycles. The Bertz CT molecular complexity index is 440. The zero-order valence-corrected chi connectivity index (χ0v) is 12.1. The van der Waals surface area contributed by atoms with E-state index in [0.29, 0.717) is 0 Å². The van der Waals surface area contributed by atoms with Crippen molar-refractivity contribution in [3.8, 4) is 0 Å². The molecular weight excluding hydrogens is 236 g/mol. The van der Waals surface area contributed by atoms with Crippen LogP contribution in [0.3, 0.4) is 0 Å². The van der Waals surface area contributed by atoms with Gasteiger partial charge in [0.25, 0.3) is 0 Å². The summed E-state index contributed by atoms with van der Waals surface area (Å²) in [6.07, 6.45) is 4.35. The zero-order chi connectivity index (χ0) is 13.7. The van der Waals surface area contributed by atoms with Gasteiger partial charge in [-0.2, -0.15) is 0 Å². The Kier molecular flexibility index (Phi) is 4.86. The minimum atomic E-state index is 0.183. The van der Waals surface area contributed by atoms with Gasteiger partial charge in [-0.3, -0.25) is 0 Å². The van der Waals surface area contributed by atoms with Crippen LogP contribution in [-0.2, 0) is 4.74 Å². The van der Waals surface area contributed by atoms with Crippen LogP contribution in [0.2, 0.25) is 0 Å². The van der Waals surface area contributed by atoms with Crippen molar-refractivity contribution in [2.24, 2.45) is 0 Å². The topological polar surface area (TPSA) is 24.5 Å². The number of nitrogens with zero attached hydrogens (tertiary/aromatic N) is 1. The number of benzene rings is 1. The summed E-state index contributed by atoms with van der Waals surface area (Å²) in [5, 5.41) is 3.58. The standard InChI is InChI=1S/C16H24N2O/c1-4-10-17-16(15-9-6-11-19-15)13-7-5-8-14(12-13)18(2)3/h5,7-9,12,16-17H,4,6,10-11H2,1-3H3. The summed E-state index contributed by atoms with van der Waals surface area (Å²) in [6, 6.07) is 8.83. The van der Waals surface area contributed by atoms with Crippen molar-refractivity contribution in [2.75, 3.05) is 32.1 Å². The van der Waals surface area contributed by atoms with Gasteiger partial charge in [0.1, 0.15) is 5.76 Å². The van der Waals surface area contributed by atoms with Crippen molar-refractivity contribution in [1.29, 1.82) is 0 Å². The van der Waals surface area contributed by atoms with Gasteiger partial charge in [0.15, 0.2) is 0 Å². The maximum Gasteiger partial charge on any atom is 0.114 e. The monoisotopic (exact) mass is 260 g/mol. The SMILES string of the molecule is CCCNC(C1=CCCO1)c1cccc(N(C)C)c1. The second kappa shape index (κ2) is 6.62. The highest BCUT2D eigenvalue weighted by Gasteiger charge is 2.20. The first kappa shape index (κ1) is 13.9. The molecule has 1 atom stereocenters. The van der Waals surface area contributed by atoms with Gasteiger partial charge in [-0.05, 0) is 36.7 Å². The maximum atomic E-state index is 5.75. The molecule has 3 heteroatoms. The van der Waals surface area contributed by atoms with E-state index in [9.17, 15) is 0 Å². The third-order valence-electron chi connectivity index (χ3n) is 3.34. The van der Waals surface area contributed by atoms with Gasteiger partial charge in [-0.1, -0.05) is 19.1 Å². The smallest absolute Gasteiger partial charge is 0.114 e. The predicted octanol–water partition coefficient (Wildman–Crippen LogP) is 3.10. The van der Waals surface area contributed by atoms with Crippen LogP contribution in [0.25, 0.3) is 0 Å². The van der Waals surface area contributed by atoms with Crippen molar-refractivity contribution in [3.05, 3.63) is 41.7 Å². The summed E-state index contributed by atoms with van der Waals surface area (Å²) >= 11 is 0. The number of rotatable bonds is 6. The third kappa shape index (κ3) is 3.51. The quantitative estimate of drug-likeness (QED) is 0.850. The fraction of sp³-hybridized carbons (Fsp3) is 0.500. The molecule has 0 saturated carbocycles. The van der Waals surface area contributed by atoms with E-state index in [1.807, 2.05) is 0 Å². The Hall–Kier alpha value is -1.48. The van der Waals surface area contributed by atoms with Crippen LogP contribution in [0, 0.1) is 0 Å². The molecule has 0 amide bonds. The minimum Gasteiger partial charge on any atom is -0.496 e. The van der Waals surface area contributed by atoms with E-state index < -0.39 is 0 Å². The lowest BCUT2D eigenvalue weighted by atomic mass is 10.0. The molecule has 1 unspecified atom stereocenters. The fourth-order valence-corrected chi connectivity index (χ4v) is 2.29. The predicted molar refractivity (Wildman–Crippen MR) is 80.5 cm³/mol. The number of nitrogens with one attached hydrogen (secondary N) is 1. The molecule has 2 rings (SSSR count). The molecule has 104 valence electrons. The normalized spacial score (nSPS) is 15.8. The van der Waals surface area contributed by atoms with Gasteiger partial charge in [0, 0.05) is 26.2 Å². The molecule has 1 N–H and O–H groups in total. The van der Waals surface area contributed by atoms with E-state index >= 15 is 0 Å². The molecule has 0 spiro atoms. The Morgan fingerprint density at radius 1 is 1.37 bits per heavy atom. The number of hydrogen-bond donors (Lipinski definition) is 1. The Morgan fingerprint density at radius 2 is 2.21 bits per heavy atom. The molecule has 0 fully saturated rings. The first-order chi connectivity index (χ1) is 9.22. The van der Waals surface area contributed by atoms with Crippen LogP contribution >= 0.6 is 0 Å². The van der Waals surface area contributed by atoms with Crippen LogP contribution in [0.4, 0.5) is 5.69 Å². The van der Waals surface area contributed by atoms with Crippen LogP contribution in [0.5, 0.6) is 0 Å². The highest BCUT2D eigenvalue weighted by atomic mass is 16.5. The van der Waals surface area contributed by atoms with Crippen molar-refractivity contribution >= 4 is 5.69 Å². The first-order valence-electron chi connectivity index (χ1n) is 7.06. The molecule has 0 saturated heterocycles. The van der Waals surface area contributed by atoms with E-state index in [1.54, 1.807) is 0 Å². The molecule has 1 aromatic rings. The molecule has 1 heterocycles. The van der Waals surface area contributed by atoms with Gasteiger partial charge in [-0.25, -0.2) is 0 Å².